The summed E-state index contributed by atoms with van der Waals surface area (Å²) >= 11 is 3.39. The number of benzene rings is 1. The molecular weight excluding hydrogens is 268 g/mol. The van der Waals surface area contributed by atoms with Gasteiger partial charge in [0.1, 0.15) is 0 Å². The van der Waals surface area contributed by atoms with E-state index in [9.17, 15) is 4.79 Å². The molecule has 1 aromatic carbocycles. The van der Waals surface area contributed by atoms with Gasteiger partial charge in [-0.15, -0.1) is 0 Å². The van der Waals surface area contributed by atoms with Gasteiger partial charge in [-0.05, 0) is 39.1 Å². The third kappa shape index (κ3) is 2.83. The zero-order valence-corrected chi connectivity index (χ0v) is 11.6. The number of rotatable bonds is 3. The molecule has 1 amide bonds. The molecule has 0 saturated carbocycles. The third-order valence-electron chi connectivity index (χ3n) is 2.66. The van der Waals surface area contributed by atoms with Gasteiger partial charge in [0.2, 0.25) is 5.91 Å². The molecule has 4 heteroatoms. The van der Waals surface area contributed by atoms with E-state index in [4.69, 9.17) is 0 Å². The lowest BCUT2D eigenvalue weighted by molar-refractivity contribution is -0.123. The van der Waals surface area contributed by atoms with E-state index in [-0.39, 0.29) is 5.91 Å². The van der Waals surface area contributed by atoms with Crippen LogP contribution < -0.4 is 10.2 Å². The topological polar surface area (TPSA) is 32.3 Å². The van der Waals surface area contributed by atoms with Gasteiger partial charge in [-0.25, -0.2) is 0 Å². The van der Waals surface area contributed by atoms with Gasteiger partial charge >= 0.3 is 0 Å². The number of anilines is 1. The summed E-state index contributed by atoms with van der Waals surface area (Å²) in [6.45, 7) is 3.73. The van der Waals surface area contributed by atoms with E-state index < -0.39 is 5.54 Å². The highest BCUT2D eigenvalue weighted by molar-refractivity contribution is 9.10. The minimum Gasteiger partial charge on any atom is -0.314 e. The van der Waals surface area contributed by atoms with Crippen LogP contribution >= 0.6 is 15.9 Å². The zero-order valence-electron chi connectivity index (χ0n) is 10.0. The van der Waals surface area contributed by atoms with E-state index in [0.29, 0.717) is 0 Å². The highest BCUT2D eigenvalue weighted by Gasteiger charge is 2.29. The molecule has 0 fully saturated rings. The maximum absolute atomic E-state index is 12.2. The summed E-state index contributed by atoms with van der Waals surface area (Å²) < 4.78 is 0.965. The number of hydrogen-bond acceptors (Lipinski definition) is 2. The van der Waals surface area contributed by atoms with Crippen LogP contribution in [0.4, 0.5) is 5.69 Å². The van der Waals surface area contributed by atoms with Crippen molar-refractivity contribution in [2.45, 2.75) is 19.4 Å². The van der Waals surface area contributed by atoms with Crippen molar-refractivity contribution in [3.63, 3.8) is 0 Å². The van der Waals surface area contributed by atoms with E-state index in [1.54, 1.807) is 19.0 Å². The van der Waals surface area contributed by atoms with Gasteiger partial charge in [-0.1, -0.05) is 22.0 Å². The van der Waals surface area contributed by atoms with Crippen molar-refractivity contribution < 1.29 is 4.79 Å². The number of nitrogens with one attached hydrogen (secondary N) is 1. The van der Waals surface area contributed by atoms with Crippen LogP contribution in [0.15, 0.2) is 28.7 Å². The van der Waals surface area contributed by atoms with Gasteiger partial charge in [0.25, 0.3) is 0 Å². The molecule has 0 unspecified atom stereocenters. The van der Waals surface area contributed by atoms with Crippen LogP contribution in [0.2, 0.25) is 0 Å². The molecule has 0 radical (unpaired) electrons. The SMILES string of the molecule is CNC(C)(C)C(=O)N(C)c1cccc(Br)c1. The Morgan fingerprint density at radius 1 is 1.44 bits per heavy atom. The molecule has 0 spiro atoms. The van der Waals surface area contributed by atoms with E-state index in [2.05, 4.69) is 21.2 Å². The van der Waals surface area contributed by atoms with Crippen LogP contribution in [0, 0.1) is 0 Å². The van der Waals surface area contributed by atoms with Crippen LogP contribution in [0.5, 0.6) is 0 Å². The lowest BCUT2D eigenvalue weighted by Gasteiger charge is -2.29. The first-order valence-electron chi connectivity index (χ1n) is 5.11. The smallest absolute Gasteiger partial charge is 0.246 e. The molecule has 0 bridgehead atoms. The average molecular weight is 285 g/mol. The Labute approximate surface area is 105 Å². The van der Waals surface area contributed by atoms with Gasteiger partial charge in [0.15, 0.2) is 0 Å². The van der Waals surface area contributed by atoms with Crippen LogP contribution in [-0.2, 0) is 4.79 Å². The molecule has 0 saturated heterocycles. The monoisotopic (exact) mass is 284 g/mol. The van der Waals surface area contributed by atoms with E-state index in [1.807, 2.05) is 38.1 Å². The van der Waals surface area contributed by atoms with Crippen molar-refractivity contribution in [1.82, 2.24) is 5.32 Å². The first-order valence-corrected chi connectivity index (χ1v) is 5.90. The summed E-state index contributed by atoms with van der Waals surface area (Å²) in [5.74, 6) is 0.0353. The second-order valence-corrected chi connectivity index (χ2v) is 5.13. The Balaban J connectivity index is 2.95. The number of hydrogen-bond donors (Lipinski definition) is 1. The van der Waals surface area contributed by atoms with Crippen LogP contribution in [0.3, 0.4) is 0 Å². The lowest BCUT2D eigenvalue weighted by Crippen LogP contribution is -2.51. The average Bonchev–Trinajstić information content (AvgIpc) is 2.27. The van der Waals surface area contributed by atoms with Gasteiger partial charge < -0.3 is 10.2 Å². The molecule has 0 heterocycles. The quantitative estimate of drug-likeness (QED) is 0.925. The standard InChI is InChI=1S/C12H17BrN2O/c1-12(2,14-3)11(16)15(4)10-7-5-6-9(13)8-10/h5-8,14H,1-4H3. The predicted molar refractivity (Wildman–Crippen MR) is 70.7 cm³/mol. The van der Waals surface area contributed by atoms with E-state index in [0.717, 1.165) is 10.2 Å². The predicted octanol–water partition coefficient (Wildman–Crippen LogP) is 2.41. The Kier molecular flexibility index (Phi) is 4.10. The lowest BCUT2D eigenvalue weighted by atomic mass is 10.0. The van der Waals surface area contributed by atoms with E-state index in [1.165, 1.54) is 0 Å². The first kappa shape index (κ1) is 13.2. The van der Waals surface area contributed by atoms with Crippen LogP contribution in [-0.4, -0.2) is 25.5 Å². The number of likely N-dealkylation sites (N-methyl/N-ethyl adjacent to an activating group) is 2. The Morgan fingerprint density at radius 3 is 2.56 bits per heavy atom. The van der Waals surface area contributed by atoms with Crippen molar-refractivity contribution >= 4 is 27.5 Å². The summed E-state index contributed by atoms with van der Waals surface area (Å²) in [5, 5.41) is 3.00. The van der Waals surface area contributed by atoms with Crippen molar-refractivity contribution in [3.05, 3.63) is 28.7 Å². The van der Waals surface area contributed by atoms with Gasteiger partial charge in [0.05, 0.1) is 5.54 Å². The Hall–Kier alpha value is -0.870. The van der Waals surface area contributed by atoms with Crippen LogP contribution in [0.1, 0.15) is 13.8 Å². The Morgan fingerprint density at radius 2 is 2.06 bits per heavy atom. The summed E-state index contributed by atoms with van der Waals surface area (Å²) in [6, 6.07) is 7.68. The fourth-order valence-corrected chi connectivity index (χ4v) is 1.72. The summed E-state index contributed by atoms with van der Waals surface area (Å²) in [5.41, 5.74) is 0.319. The third-order valence-corrected chi connectivity index (χ3v) is 3.15. The van der Waals surface area contributed by atoms with Crippen molar-refractivity contribution in [3.8, 4) is 0 Å². The van der Waals surface area contributed by atoms with Gasteiger partial charge in [0, 0.05) is 17.2 Å². The van der Waals surface area contributed by atoms with Gasteiger partial charge in [-0.3, -0.25) is 4.79 Å². The minimum absolute atomic E-state index is 0.0353. The molecule has 0 aliphatic rings. The zero-order chi connectivity index (χ0) is 12.3. The first-order chi connectivity index (χ1) is 7.38. The van der Waals surface area contributed by atoms with Crippen molar-refractivity contribution in [2.24, 2.45) is 0 Å². The van der Waals surface area contributed by atoms with Gasteiger partial charge in [-0.2, -0.15) is 0 Å². The summed E-state index contributed by atoms with van der Waals surface area (Å²) in [7, 11) is 3.57. The molecule has 88 valence electrons. The Bertz CT molecular complexity index is 390. The molecular formula is C12H17BrN2O. The number of nitrogens with zero attached hydrogens (tertiary/aromatic N) is 1. The molecule has 3 nitrogen and oxygen atoms in total. The molecule has 0 atom stereocenters. The summed E-state index contributed by atoms with van der Waals surface area (Å²) in [4.78, 5) is 13.8. The normalized spacial score (nSPS) is 11.3. The molecule has 1 N–H and O–H groups in total. The fraction of sp³-hybridized carbons (Fsp3) is 0.417. The number of amides is 1. The number of halogens is 1. The molecule has 0 aliphatic carbocycles. The molecule has 1 rings (SSSR count). The second kappa shape index (κ2) is 4.97. The fourth-order valence-electron chi connectivity index (χ4n) is 1.33. The second-order valence-electron chi connectivity index (χ2n) is 4.22. The minimum atomic E-state index is -0.558. The maximum atomic E-state index is 12.2. The van der Waals surface area contributed by atoms with Crippen molar-refractivity contribution in [2.75, 3.05) is 19.0 Å². The molecule has 1 aromatic rings. The number of carbonyl (C=O) groups excluding carboxylic acids is 1. The molecule has 0 aromatic heterocycles. The largest absolute Gasteiger partial charge is 0.314 e. The number of carbonyl (C=O) groups is 1. The molecule has 0 aliphatic heterocycles. The highest BCUT2D eigenvalue weighted by atomic mass is 79.9. The summed E-state index contributed by atoms with van der Waals surface area (Å²) in [6.07, 6.45) is 0. The van der Waals surface area contributed by atoms with E-state index >= 15 is 0 Å². The van der Waals surface area contributed by atoms with Crippen molar-refractivity contribution in [1.29, 1.82) is 0 Å². The highest BCUT2D eigenvalue weighted by Crippen LogP contribution is 2.21. The van der Waals surface area contributed by atoms with Crippen LogP contribution in [0.25, 0.3) is 0 Å². The molecule has 16 heavy (non-hydrogen) atoms. The maximum Gasteiger partial charge on any atom is 0.246 e.